The van der Waals surface area contributed by atoms with Crippen LogP contribution in [-0.4, -0.2) is 171 Å². The van der Waals surface area contributed by atoms with Crippen molar-refractivity contribution in [1.82, 2.24) is 4.90 Å². The second-order valence-electron chi connectivity index (χ2n) is 9.33. The summed E-state index contributed by atoms with van der Waals surface area (Å²) in [5.74, 6) is 0. The van der Waals surface area contributed by atoms with Gasteiger partial charge in [-0.15, -0.1) is 0 Å². The second-order valence-corrected chi connectivity index (χ2v) is 10.4. The molecule has 3 saturated heterocycles. The highest BCUT2D eigenvalue weighted by molar-refractivity contribution is 7.80. The lowest BCUT2D eigenvalue weighted by atomic mass is 9.93. The highest BCUT2D eigenvalue weighted by Crippen LogP contribution is 2.32. The van der Waals surface area contributed by atoms with E-state index in [4.69, 9.17) is 23.5 Å². The highest BCUT2D eigenvalue weighted by atomic mass is 32.3. The van der Waals surface area contributed by atoms with Gasteiger partial charge in [0.1, 0.15) is 54.9 Å². The van der Waals surface area contributed by atoms with E-state index in [2.05, 4.69) is 4.18 Å². The van der Waals surface area contributed by atoms with Crippen LogP contribution in [0.2, 0.25) is 0 Å². The van der Waals surface area contributed by atoms with Crippen molar-refractivity contribution in [1.29, 1.82) is 0 Å². The van der Waals surface area contributed by atoms with Gasteiger partial charge in [0.2, 0.25) is 0 Å². The van der Waals surface area contributed by atoms with Crippen molar-refractivity contribution in [3.63, 3.8) is 0 Å². The molecule has 0 amide bonds. The summed E-state index contributed by atoms with van der Waals surface area (Å²) in [6.45, 7) is -0.120. The van der Waals surface area contributed by atoms with Crippen LogP contribution in [0.5, 0.6) is 0 Å². The Balaban J connectivity index is 1.88. The Morgan fingerprint density at radius 2 is 1.41 bits per heavy atom. The van der Waals surface area contributed by atoms with Crippen LogP contribution in [0.3, 0.4) is 0 Å². The van der Waals surface area contributed by atoms with E-state index in [1.807, 2.05) is 0 Å². The maximum absolute atomic E-state index is 11.2. The number of aliphatic hydroxyl groups excluding tert-OH is 8. The van der Waals surface area contributed by atoms with Gasteiger partial charge in [0.25, 0.3) is 0 Å². The number of likely N-dealkylation sites (tertiary alicyclic amines) is 1. The third-order valence-electron chi connectivity index (χ3n) is 6.76. The highest BCUT2D eigenvalue weighted by Gasteiger charge is 2.53. The minimum Gasteiger partial charge on any atom is -0.395 e. The average molecular weight is 566 g/mol. The van der Waals surface area contributed by atoms with Crippen LogP contribution in [0.1, 0.15) is 6.92 Å². The number of likely N-dealkylation sites (N-methyl/N-ethyl adjacent to an activating group) is 1. The molecule has 3 rings (SSSR count). The van der Waals surface area contributed by atoms with Gasteiger partial charge in [0.05, 0.1) is 31.5 Å². The number of ether oxygens (including phenoxy) is 4. The van der Waals surface area contributed by atoms with Crippen molar-refractivity contribution < 1.29 is 77.0 Å². The van der Waals surface area contributed by atoms with Crippen molar-refractivity contribution in [2.24, 2.45) is 0 Å². The van der Waals surface area contributed by atoms with E-state index in [0.29, 0.717) is 0 Å². The summed E-state index contributed by atoms with van der Waals surface area (Å²) in [5.41, 5.74) is 0. The summed E-state index contributed by atoms with van der Waals surface area (Å²) in [6.07, 6.45) is -21.0. The number of aliphatic hydroxyl groups is 8. The Kier molecular flexibility index (Phi) is 10.2. The maximum Gasteiger partial charge on any atom is 0.397 e. The van der Waals surface area contributed by atoms with Crippen LogP contribution in [0.15, 0.2) is 0 Å². The normalized spacial score (nSPS) is 48.2. The summed E-state index contributed by atoms with van der Waals surface area (Å²) >= 11 is 0. The zero-order valence-corrected chi connectivity index (χ0v) is 20.8. The standard InChI is InChI=1S/C19H35NO16S/c1-6-10(24)12(26)13(27)18(32-6)34-15-7(4-21)20(2)3-8(23)16(15)35-19-14(28)17(36-37(29,30)31)11(25)9(5-22)33-19/h6-19,21-28H,3-5H2,1-2H3,(H,29,30,31)/t6-,7+,8-,9+,10+,11-,12+,13-,14+,15+,16+,17-,18-,19-/m0/s1. The summed E-state index contributed by atoms with van der Waals surface area (Å²) in [7, 11) is -3.64. The summed E-state index contributed by atoms with van der Waals surface area (Å²) in [6, 6.07) is -0.909. The minimum absolute atomic E-state index is 0.0958. The van der Waals surface area contributed by atoms with Crippen LogP contribution in [0.25, 0.3) is 0 Å². The van der Waals surface area contributed by atoms with Gasteiger partial charge in [-0.25, -0.2) is 4.18 Å². The molecule has 9 N–H and O–H groups in total. The van der Waals surface area contributed by atoms with Crippen LogP contribution in [0, 0.1) is 0 Å². The Morgan fingerprint density at radius 1 is 0.811 bits per heavy atom. The first-order chi connectivity index (χ1) is 17.2. The number of hydrogen-bond acceptors (Lipinski definition) is 16. The molecule has 0 spiro atoms. The molecule has 3 heterocycles. The number of rotatable bonds is 8. The molecule has 17 nitrogen and oxygen atoms in total. The molecule has 37 heavy (non-hydrogen) atoms. The molecule has 0 saturated carbocycles. The zero-order valence-electron chi connectivity index (χ0n) is 19.9. The van der Waals surface area contributed by atoms with E-state index in [1.165, 1.54) is 18.9 Å². The molecule has 3 aliphatic heterocycles. The van der Waals surface area contributed by atoms with E-state index in [9.17, 15) is 49.3 Å². The number of β-amino-alcohol motifs (C(OH)–C–C–N with tert-alkyl or cyclic N) is 1. The van der Waals surface area contributed by atoms with E-state index in [-0.39, 0.29) is 6.54 Å². The molecular weight excluding hydrogens is 530 g/mol. The predicted octanol–water partition coefficient (Wildman–Crippen LogP) is -6.12. The lowest BCUT2D eigenvalue weighted by Crippen LogP contribution is -2.68. The molecule has 0 aromatic carbocycles. The molecule has 14 atom stereocenters. The fraction of sp³-hybridized carbons (Fsp3) is 1.00. The summed E-state index contributed by atoms with van der Waals surface area (Å²) < 4.78 is 58.2. The minimum atomic E-state index is -5.17. The topological polar surface area (TPSA) is 266 Å². The lowest BCUT2D eigenvalue weighted by Gasteiger charge is -2.50. The van der Waals surface area contributed by atoms with E-state index < -0.39 is 109 Å². The van der Waals surface area contributed by atoms with Gasteiger partial charge in [0, 0.05) is 6.54 Å². The Labute approximate surface area is 212 Å². The zero-order chi connectivity index (χ0) is 27.8. The molecule has 0 bridgehead atoms. The number of nitrogens with zero attached hydrogens (tertiary/aromatic N) is 1. The molecule has 3 aliphatic rings. The van der Waals surface area contributed by atoms with Crippen molar-refractivity contribution in [2.45, 2.75) is 92.7 Å². The first-order valence-electron chi connectivity index (χ1n) is 11.5. The van der Waals surface area contributed by atoms with Crippen molar-refractivity contribution in [3.05, 3.63) is 0 Å². The van der Waals surface area contributed by atoms with Crippen molar-refractivity contribution in [2.75, 3.05) is 26.8 Å². The van der Waals surface area contributed by atoms with Gasteiger partial charge < -0.3 is 59.8 Å². The predicted molar refractivity (Wildman–Crippen MR) is 116 cm³/mol. The van der Waals surface area contributed by atoms with Gasteiger partial charge >= 0.3 is 10.4 Å². The van der Waals surface area contributed by atoms with Gasteiger partial charge in [-0.2, -0.15) is 8.42 Å². The third-order valence-corrected chi connectivity index (χ3v) is 7.22. The smallest absolute Gasteiger partial charge is 0.395 e. The Bertz CT molecular complexity index is 850. The molecule has 0 unspecified atom stereocenters. The van der Waals surface area contributed by atoms with Gasteiger partial charge in [-0.05, 0) is 14.0 Å². The van der Waals surface area contributed by atoms with Crippen LogP contribution < -0.4 is 0 Å². The van der Waals surface area contributed by atoms with Crippen molar-refractivity contribution in [3.8, 4) is 0 Å². The van der Waals surface area contributed by atoms with Crippen LogP contribution in [0.4, 0.5) is 0 Å². The fourth-order valence-electron chi connectivity index (χ4n) is 4.66. The Hall–Kier alpha value is -0.650. The fourth-order valence-corrected chi connectivity index (χ4v) is 5.17. The molecule has 0 aliphatic carbocycles. The first-order valence-corrected chi connectivity index (χ1v) is 12.8. The van der Waals surface area contributed by atoms with Gasteiger partial charge in [0.15, 0.2) is 12.6 Å². The maximum atomic E-state index is 11.2. The molecule has 0 radical (unpaired) electrons. The van der Waals surface area contributed by atoms with Crippen molar-refractivity contribution >= 4 is 10.4 Å². The van der Waals surface area contributed by atoms with Crippen LogP contribution in [-0.2, 0) is 33.5 Å². The second kappa shape index (κ2) is 12.3. The average Bonchev–Trinajstić information content (AvgIpc) is 2.81. The lowest BCUT2D eigenvalue weighted by molar-refractivity contribution is -0.353. The van der Waals surface area contributed by atoms with E-state index in [1.54, 1.807) is 0 Å². The molecule has 0 aromatic rings. The SMILES string of the molecule is C[C@@H]1O[C@@H](O[C@H]2[C@H](O[C@@H]3O[C@H](CO)[C@H](O)[C@H](OS(=O)(=O)O)[C@H]3O)[C@@H](O)CN(C)[C@@H]2CO)[C@@H](O)[C@H](O)[C@@H]1O. The van der Waals surface area contributed by atoms with Gasteiger partial charge in [-0.1, -0.05) is 0 Å². The Morgan fingerprint density at radius 3 is 1.97 bits per heavy atom. The third kappa shape index (κ3) is 6.74. The molecule has 3 fully saturated rings. The van der Waals surface area contributed by atoms with E-state index >= 15 is 0 Å². The molecule has 218 valence electrons. The number of piperidine rings is 1. The molecule has 18 heteroatoms. The summed E-state index contributed by atoms with van der Waals surface area (Å²) in [5, 5.41) is 81.6. The quantitative estimate of drug-likeness (QED) is 0.124. The molecule has 0 aromatic heterocycles. The van der Waals surface area contributed by atoms with E-state index in [0.717, 1.165) is 0 Å². The summed E-state index contributed by atoms with van der Waals surface area (Å²) in [4.78, 5) is 1.50. The van der Waals surface area contributed by atoms with Crippen LogP contribution >= 0.6 is 0 Å². The monoisotopic (exact) mass is 565 g/mol. The largest absolute Gasteiger partial charge is 0.397 e. The first kappa shape index (κ1) is 30.9. The van der Waals surface area contributed by atoms with Gasteiger partial charge in [-0.3, -0.25) is 9.45 Å². The molecular formula is C19H35NO16S. The number of hydrogen-bond donors (Lipinski definition) is 9.